The van der Waals surface area contributed by atoms with Crippen LogP contribution in [0.25, 0.3) is 0 Å². The number of amides is 1. The molecule has 2 aromatic carbocycles. The van der Waals surface area contributed by atoms with E-state index in [4.69, 9.17) is 4.74 Å². The summed E-state index contributed by atoms with van der Waals surface area (Å²) in [4.78, 5) is 16.9. The maximum absolute atomic E-state index is 13.4. The van der Waals surface area contributed by atoms with E-state index >= 15 is 0 Å². The Bertz CT molecular complexity index is 784. The van der Waals surface area contributed by atoms with Crippen molar-refractivity contribution in [2.45, 2.75) is 25.9 Å². The molecule has 2 N–H and O–H groups in total. The lowest BCUT2D eigenvalue weighted by Gasteiger charge is -2.13. The molecule has 136 valence electrons. The number of benzene rings is 2. The summed E-state index contributed by atoms with van der Waals surface area (Å²) in [6.07, 6.45) is 2.05. The predicted molar refractivity (Wildman–Crippen MR) is 99.9 cm³/mol. The van der Waals surface area contributed by atoms with Crippen LogP contribution in [0.1, 0.15) is 28.8 Å². The minimum atomic E-state index is -0.456. The van der Waals surface area contributed by atoms with Crippen molar-refractivity contribution in [3.63, 3.8) is 0 Å². The molecule has 0 radical (unpaired) electrons. The molecule has 1 aliphatic heterocycles. The molecule has 6 heteroatoms. The number of ether oxygens (including phenoxy) is 1. The molecule has 5 nitrogen and oxygen atoms in total. The molecule has 1 fully saturated rings. The number of guanidine groups is 1. The van der Waals surface area contributed by atoms with Crippen LogP contribution in [0.5, 0.6) is 0 Å². The Morgan fingerprint density at radius 3 is 2.77 bits per heavy atom. The highest BCUT2D eigenvalue weighted by Gasteiger charge is 2.16. The summed E-state index contributed by atoms with van der Waals surface area (Å²) in [5.41, 5.74) is 2.18. The second-order valence-corrected chi connectivity index (χ2v) is 6.28. The minimum Gasteiger partial charge on any atom is -0.376 e. The summed E-state index contributed by atoms with van der Waals surface area (Å²) >= 11 is 0. The fourth-order valence-corrected chi connectivity index (χ4v) is 2.67. The van der Waals surface area contributed by atoms with Gasteiger partial charge in [0.05, 0.1) is 12.6 Å². The lowest BCUT2D eigenvalue weighted by atomic mass is 10.2. The maximum atomic E-state index is 13.4. The van der Waals surface area contributed by atoms with Crippen molar-refractivity contribution < 1.29 is 13.9 Å². The first-order chi connectivity index (χ1) is 12.6. The molecular formula is C20H22FN3O2. The van der Waals surface area contributed by atoms with Crippen molar-refractivity contribution in [3.05, 3.63) is 65.5 Å². The van der Waals surface area contributed by atoms with Gasteiger partial charge in [-0.05, 0) is 50.1 Å². The molecule has 0 bridgehead atoms. The average Bonchev–Trinajstić information content (AvgIpc) is 3.15. The van der Waals surface area contributed by atoms with Gasteiger partial charge in [0.25, 0.3) is 5.91 Å². The lowest BCUT2D eigenvalue weighted by molar-refractivity contribution is 0.0975. The standard InChI is InChI=1S/C20H22FN3O2/c1-14-7-9-17(10-8-14)23-20(22-13-18-6-3-11-26-18)24-19(25)15-4-2-5-16(21)12-15/h2,4-5,7-10,12,18H,3,6,11,13H2,1H3,(H2,22,23,24,25)/t18-/m0/s1. The van der Waals surface area contributed by atoms with Gasteiger partial charge in [-0.25, -0.2) is 9.38 Å². The van der Waals surface area contributed by atoms with Gasteiger partial charge in [-0.15, -0.1) is 0 Å². The van der Waals surface area contributed by atoms with Gasteiger partial charge < -0.3 is 10.1 Å². The third-order valence-electron chi connectivity index (χ3n) is 4.11. The quantitative estimate of drug-likeness (QED) is 0.652. The number of aryl methyl sites for hydroxylation is 1. The highest BCUT2D eigenvalue weighted by Crippen LogP contribution is 2.13. The Labute approximate surface area is 152 Å². The van der Waals surface area contributed by atoms with Crippen LogP contribution in [0.4, 0.5) is 10.1 Å². The minimum absolute atomic E-state index is 0.0656. The fourth-order valence-electron chi connectivity index (χ4n) is 2.67. The van der Waals surface area contributed by atoms with Crippen molar-refractivity contribution in [3.8, 4) is 0 Å². The van der Waals surface area contributed by atoms with E-state index in [0.29, 0.717) is 12.5 Å². The number of carbonyl (C=O) groups excluding carboxylic acids is 1. The molecule has 1 saturated heterocycles. The van der Waals surface area contributed by atoms with Crippen molar-refractivity contribution in [1.82, 2.24) is 5.32 Å². The highest BCUT2D eigenvalue weighted by atomic mass is 19.1. The Kier molecular flexibility index (Phi) is 5.96. The number of anilines is 1. The molecule has 0 spiro atoms. The van der Waals surface area contributed by atoms with E-state index in [1.807, 2.05) is 31.2 Å². The number of halogens is 1. The second kappa shape index (κ2) is 8.58. The number of carbonyl (C=O) groups is 1. The summed E-state index contributed by atoms with van der Waals surface area (Å²) in [6, 6.07) is 13.3. The van der Waals surface area contributed by atoms with Gasteiger partial charge in [-0.2, -0.15) is 0 Å². The third-order valence-corrected chi connectivity index (χ3v) is 4.11. The van der Waals surface area contributed by atoms with Crippen molar-refractivity contribution in [1.29, 1.82) is 0 Å². The smallest absolute Gasteiger partial charge is 0.258 e. The number of rotatable bonds is 4. The Morgan fingerprint density at radius 2 is 2.08 bits per heavy atom. The van der Waals surface area contributed by atoms with Crippen LogP contribution >= 0.6 is 0 Å². The maximum Gasteiger partial charge on any atom is 0.258 e. The first-order valence-electron chi connectivity index (χ1n) is 8.67. The van der Waals surface area contributed by atoms with E-state index in [1.165, 1.54) is 18.2 Å². The van der Waals surface area contributed by atoms with Crippen LogP contribution in [0.2, 0.25) is 0 Å². The second-order valence-electron chi connectivity index (χ2n) is 6.28. The summed E-state index contributed by atoms with van der Waals surface area (Å²) < 4.78 is 18.9. The highest BCUT2D eigenvalue weighted by molar-refractivity contribution is 6.09. The van der Waals surface area contributed by atoms with Crippen molar-refractivity contribution in [2.75, 3.05) is 18.5 Å². The topological polar surface area (TPSA) is 62.7 Å². The monoisotopic (exact) mass is 355 g/mol. The van der Waals surface area contributed by atoms with Gasteiger partial charge >= 0.3 is 0 Å². The van der Waals surface area contributed by atoms with Gasteiger partial charge in [0, 0.05) is 17.9 Å². The van der Waals surface area contributed by atoms with E-state index in [0.717, 1.165) is 30.7 Å². The molecule has 1 aliphatic rings. The van der Waals surface area contributed by atoms with E-state index in [9.17, 15) is 9.18 Å². The molecule has 2 aromatic rings. The fraction of sp³-hybridized carbons (Fsp3) is 0.300. The molecule has 0 unspecified atom stereocenters. The zero-order chi connectivity index (χ0) is 18.4. The van der Waals surface area contributed by atoms with Gasteiger partial charge in [-0.1, -0.05) is 23.8 Å². The molecule has 0 aliphatic carbocycles. The Morgan fingerprint density at radius 1 is 1.27 bits per heavy atom. The van der Waals surface area contributed by atoms with E-state index in [2.05, 4.69) is 15.6 Å². The van der Waals surface area contributed by atoms with Crippen LogP contribution in [0.15, 0.2) is 53.5 Å². The first-order valence-corrected chi connectivity index (χ1v) is 8.67. The number of nitrogens with zero attached hydrogens (tertiary/aromatic N) is 1. The zero-order valence-electron chi connectivity index (χ0n) is 14.7. The van der Waals surface area contributed by atoms with Crippen LogP contribution in [0.3, 0.4) is 0 Å². The number of hydrogen-bond donors (Lipinski definition) is 2. The molecule has 0 saturated carbocycles. The predicted octanol–water partition coefficient (Wildman–Crippen LogP) is 3.51. The van der Waals surface area contributed by atoms with E-state index in [-0.39, 0.29) is 11.7 Å². The molecule has 26 heavy (non-hydrogen) atoms. The summed E-state index contributed by atoms with van der Waals surface area (Å²) in [5, 5.41) is 5.84. The number of aliphatic imine (C=N–C) groups is 1. The summed E-state index contributed by atoms with van der Waals surface area (Å²) in [6.45, 7) is 3.20. The SMILES string of the molecule is Cc1ccc(NC(=NC[C@@H]2CCCO2)NC(=O)c2cccc(F)c2)cc1. The Hall–Kier alpha value is -2.73. The van der Waals surface area contributed by atoms with Gasteiger partial charge in [0.1, 0.15) is 5.82 Å². The normalized spacial score (nSPS) is 17.2. The largest absolute Gasteiger partial charge is 0.376 e. The average molecular weight is 355 g/mol. The summed E-state index contributed by atoms with van der Waals surface area (Å²) in [7, 11) is 0. The zero-order valence-corrected chi connectivity index (χ0v) is 14.7. The van der Waals surface area contributed by atoms with Gasteiger partial charge in [0.15, 0.2) is 0 Å². The van der Waals surface area contributed by atoms with Crippen molar-refractivity contribution in [2.24, 2.45) is 4.99 Å². The molecule has 1 amide bonds. The van der Waals surface area contributed by atoms with Crippen LogP contribution < -0.4 is 10.6 Å². The molecule has 3 rings (SSSR count). The Balaban J connectivity index is 1.73. The first kappa shape index (κ1) is 18.1. The number of hydrogen-bond acceptors (Lipinski definition) is 3. The summed E-state index contributed by atoms with van der Waals surface area (Å²) in [5.74, 6) is -0.559. The number of nitrogens with one attached hydrogen (secondary N) is 2. The molecule has 0 aromatic heterocycles. The van der Waals surface area contributed by atoms with Crippen LogP contribution in [0, 0.1) is 12.7 Å². The van der Waals surface area contributed by atoms with E-state index in [1.54, 1.807) is 6.07 Å². The lowest BCUT2D eigenvalue weighted by Crippen LogP contribution is -2.36. The van der Waals surface area contributed by atoms with Crippen molar-refractivity contribution >= 4 is 17.6 Å². The van der Waals surface area contributed by atoms with Crippen LogP contribution in [-0.2, 0) is 4.74 Å². The molecule has 1 atom stereocenters. The van der Waals surface area contributed by atoms with Gasteiger partial charge in [-0.3, -0.25) is 10.1 Å². The molecular weight excluding hydrogens is 333 g/mol. The van der Waals surface area contributed by atoms with E-state index < -0.39 is 11.7 Å². The van der Waals surface area contributed by atoms with Gasteiger partial charge in [0.2, 0.25) is 5.96 Å². The third kappa shape index (κ3) is 5.13. The molecule has 1 heterocycles. The van der Waals surface area contributed by atoms with Crippen LogP contribution in [-0.4, -0.2) is 31.1 Å².